The predicted molar refractivity (Wildman–Crippen MR) is 106 cm³/mol. The summed E-state index contributed by atoms with van der Waals surface area (Å²) < 4.78 is 17.0. The van der Waals surface area contributed by atoms with Crippen LogP contribution in [0.25, 0.3) is 10.9 Å². The lowest BCUT2D eigenvalue weighted by molar-refractivity contribution is 0.0695. The van der Waals surface area contributed by atoms with Gasteiger partial charge in [-0.3, -0.25) is 14.4 Å². The van der Waals surface area contributed by atoms with Crippen LogP contribution in [-0.4, -0.2) is 71.6 Å². The first-order valence-corrected chi connectivity index (χ1v) is 9.95. The molecule has 4 heterocycles. The molecule has 2 aromatic rings. The summed E-state index contributed by atoms with van der Waals surface area (Å²) in [7, 11) is 1.77. The number of anilines is 1. The van der Waals surface area contributed by atoms with E-state index in [2.05, 4.69) is 4.90 Å². The lowest BCUT2D eigenvalue weighted by atomic mass is 9.97. The van der Waals surface area contributed by atoms with Gasteiger partial charge in [-0.15, -0.1) is 0 Å². The maximum atomic E-state index is 15.5. The number of likely N-dealkylation sites (N-methyl/N-ethyl adjacent to an activating group) is 1. The topological polar surface area (TPSA) is 89.2 Å². The molecular formula is C20H23FN4O4. The molecule has 2 N–H and O–H groups in total. The Morgan fingerprint density at radius 2 is 2.03 bits per heavy atom. The highest BCUT2D eigenvalue weighted by atomic mass is 19.1. The molecule has 1 aromatic carbocycles. The van der Waals surface area contributed by atoms with Crippen molar-refractivity contribution >= 4 is 22.6 Å². The first-order valence-electron chi connectivity index (χ1n) is 9.95. The largest absolute Gasteiger partial charge is 0.504 e. The number of piperazine rings is 1. The molecule has 9 heteroatoms. The van der Waals surface area contributed by atoms with Crippen LogP contribution in [0.5, 0.6) is 5.75 Å². The number of phenols is 1. The van der Waals surface area contributed by atoms with Gasteiger partial charge in [0.15, 0.2) is 11.6 Å². The van der Waals surface area contributed by atoms with Gasteiger partial charge in [-0.25, -0.2) is 9.18 Å². The van der Waals surface area contributed by atoms with E-state index in [0.717, 1.165) is 25.9 Å². The Morgan fingerprint density at radius 1 is 1.24 bits per heavy atom. The molecule has 0 aliphatic carbocycles. The fourth-order valence-electron chi connectivity index (χ4n) is 5.14. The van der Waals surface area contributed by atoms with Crippen molar-refractivity contribution in [1.82, 2.24) is 9.58 Å². The molecule has 0 saturated carbocycles. The number of aromatic nitrogens is 1. The molecule has 0 spiro atoms. The smallest absolute Gasteiger partial charge is 0.341 e. The molecule has 2 saturated heterocycles. The number of hydrogen-bond acceptors (Lipinski definition) is 6. The Morgan fingerprint density at radius 3 is 2.79 bits per heavy atom. The minimum atomic E-state index is -1.40. The number of aromatic carboxylic acids is 1. The Bertz CT molecular complexity index is 1100. The number of pyridine rings is 1. The Kier molecular flexibility index (Phi) is 3.99. The number of nitrogens with zero attached hydrogens (tertiary/aromatic N) is 4. The third-order valence-corrected chi connectivity index (χ3v) is 6.60. The molecule has 3 aliphatic heterocycles. The van der Waals surface area contributed by atoms with E-state index < -0.39 is 28.5 Å². The quantitative estimate of drug-likeness (QED) is 0.773. The summed E-state index contributed by atoms with van der Waals surface area (Å²) in [5, 5.41) is 21.6. The third-order valence-electron chi connectivity index (χ3n) is 6.60. The number of carboxylic acid groups (broad SMARTS) is 1. The maximum absolute atomic E-state index is 15.5. The number of rotatable bonds is 2. The van der Waals surface area contributed by atoms with Crippen LogP contribution in [0.15, 0.2) is 11.0 Å². The van der Waals surface area contributed by atoms with E-state index in [4.69, 9.17) is 0 Å². The Labute approximate surface area is 166 Å². The van der Waals surface area contributed by atoms with Crippen LogP contribution in [0.2, 0.25) is 0 Å². The zero-order valence-corrected chi connectivity index (χ0v) is 16.2. The standard InChI is InChI=1S/C20H23FN4O4/c1-22-6-4-12-16-14(18(26)13(20(28)29)10-25(16)22)19(27)15(21)17(12)24-8-7-23-5-2-3-11(23)9-24/h10-11,27H,2-9H2,1H3,(H,28,29)/t11-/m0/s1. The second-order valence-electron chi connectivity index (χ2n) is 8.14. The second-order valence-corrected chi connectivity index (χ2v) is 8.14. The van der Waals surface area contributed by atoms with Gasteiger partial charge in [-0.2, -0.15) is 0 Å². The molecular weight excluding hydrogens is 379 g/mol. The lowest BCUT2D eigenvalue weighted by Crippen LogP contribution is -2.51. The first kappa shape index (κ1) is 18.2. The number of fused-ring (bicyclic) bond motifs is 1. The van der Waals surface area contributed by atoms with Crippen molar-refractivity contribution in [2.45, 2.75) is 25.3 Å². The van der Waals surface area contributed by atoms with Crippen LogP contribution in [0, 0.1) is 5.82 Å². The van der Waals surface area contributed by atoms with Crippen molar-refractivity contribution in [2.75, 3.05) is 49.7 Å². The summed E-state index contributed by atoms with van der Waals surface area (Å²) in [6.45, 7) is 3.79. The van der Waals surface area contributed by atoms with Crippen LogP contribution in [-0.2, 0) is 6.42 Å². The van der Waals surface area contributed by atoms with Crippen molar-refractivity contribution in [1.29, 1.82) is 0 Å². The molecule has 0 bridgehead atoms. The van der Waals surface area contributed by atoms with E-state index in [1.165, 1.54) is 6.20 Å². The minimum Gasteiger partial charge on any atom is -0.504 e. The van der Waals surface area contributed by atoms with E-state index in [1.807, 2.05) is 4.90 Å². The molecule has 8 nitrogen and oxygen atoms in total. The number of halogens is 1. The summed E-state index contributed by atoms with van der Waals surface area (Å²) in [5.41, 5.74) is 0.0688. The van der Waals surface area contributed by atoms with Crippen molar-refractivity contribution in [3.05, 3.63) is 33.4 Å². The molecule has 3 aliphatic rings. The zero-order valence-electron chi connectivity index (χ0n) is 16.2. The summed E-state index contributed by atoms with van der Waals surface area (Å²) in [5.74, 6) is -2.98. The minimum absolute atomic E-state index is 0.257. The van der Waals surface area contributed by atoms with Gasteiger partial charge in [-0.05, 0) is 25.8 Å². The highest BCUT2D eigenvalue weighted by molar-refractivity contribution is 5.99. The molecule has 2 fully saturated rings. The molecule has 5 rings (SSSR count). The number of hydrogen-bond donors (Lipinski definition) is 2. The predicted octanol–water partition coefficient (Wildman–Crippen LogP) is 0.953. The van der Waals surface area contributed by atoms with E-state index in [-0.39, 0.29) is 5.39 Å². The summed E-state index contributed by atoms with van der Waals surface area (Å²) in [6, 6.07) is 0.371. The van der Waals surface area contributed by atoms with Gasteiger partial charge in [0.1, 0.15) is 5.56 Å². The van der Waals surface area contributed by atoms with Crippen LogP contribution >= 0.6 is 0 Å². The van der Waals surface area contributed by atoms with Crippen LogP contribution in [0.1, 0.15) is 28.8 Å². The van der Waals surface area contributed by atoms with Crippen molar-refractivity contribution in [2.24, 2.45) is 0 Å². The van der Waals surface area contributed by atoms with Gasteiger partial charge in [0.2, 0.25) is 5.43 Å². The van der Waals surface area contributed by atoms with Crippen LogP contribution < -0.4 is 15.3 Å². The maximum Gasteiger partial charge on any atom is 0.341 e. The van der Waals surface area contributed by atoms with Crippen molar-refractivity contribution in [3.63, 3.8) is 0 Å². The summed E-state index contributed by atoms with van der Waals surface area (Å²) >= 11 is 0. The van der Waals surface area contributed by atoms with E-state index in [0.29, 0.717) is 48.9 Å². The molecule has 154 valence electrons. The Balaban J connectivity index is 1.77. The summed E-state index contributed by atoms with van der Waals surface area (Å²) in [6.07, 6.45) is 3.99. The fraction of sp³-hybridized carbons (Fsp3) is 0.500. The fourth-order valence-corrected chi connectivity index (χ4v) is 5.14. The molecule has 1 atom stereocenters. The number of carboxylic acids is 1. The van der Waals surface area contributed by atoms with Gasteiger partial charge >= 0.3 is 5.97 Å². The monoisotopic (exact) mass is 402 g/mol. The lowest BCUT2D eigenvalue weighted by Gasteiger charge is -2.41. The van der Waals surface area contributed by atoms with Gasteiger partial charge in [0.05, 0.1) is 16.6 Å². The van der Waals surface area contributed by atoms with Crippen LogP contribution in [0.3, 0.4) is 0 Å². The number of phenolic OH excluding ortho intramolecular Hbond substituents is 1. The van der Waals surface area contributed by atoms with Gasteiger partial charge in [0.25, 0.3) is 0 Å². The SMILES string of the molecule is CN1CCc2c(N3CCN4CCC[C@H]4C3)c(F)c(O)c3c(=O)c(C(=O)O)cn1c23. The van der Waals surface area contributed by atoms with Crippen molar-refractivity contribution < 1.29 is 19.4 Å². The van der Waals surface area contributed by atoms with Crippen LogP contribution in [0.4, 0.5) is 10.1 Å². The molecule has 0 amide bonds. The van der Waals surface area contributed by atoms with Gasteiger partial charge in [-0.1, -0.05) is 0 Å². The highest BCUT2D eigenvalue weighted by Crippen LogP contribution is 2.41. The molecule has 0 unspecified atom stereocenters. The van der Waals surface area contributed by atoms with E-state index >= 15 is 4.39 Å². The molecule has 29 heavy (non-hydrogen) atoms. The van der Waals surface area contributed by atoms with E-state index in [9.17, 15) is 19.8 Å². The number of benzene rings is 1. The average molecular weight is 402 g/mol. The molecule has 1 aromatic heterocycles. The Hall–Kier alpha value is -2.81. The van der Waals surface area contributed by atoms with E-state index in [1.54, 1.807) is 16.7 Å². The first-order chi connectivity index (χ1) is 13.9. The number of aromatic hydroxyl groups is 1. The zero-order chi connectivity index (χ0) is 20.4. The van der Waals surface area contributed by atoms with Crippen molar-refractivity contribution in [3.8, 4) is 5.75 Å². The van der Waals surface area contributed by atoms with Gasteiger partial charge in [0, 0.05) is 51.0 Å². The summed E-state index contributed by atoms with van der Waals surface area (Å²) in [4.78, 5) is 28.7. The van der Waals surface area contributed by atoms with Gasteiger partial charge < -0.3 is 20.1 Å². The normalized spacial score (nSPS) is 21.7. The second kappa shape index (κ2) is 6.35. The average Bonchev–Trinajstić information content (AvgIpc) is 3.16. The number of carbonyl (C=O) groups is 1. The third kappa shape index (κ3) is 2.53. The highest BCUT2D eigenvalue weighted by Gasteiger charge is 2.36. The molecule has 0 radical (unpaired) electrons.